The third-order valence-corrected chi connectivity index (χ3v) is 5.59. The van der Waals surface area contributed by atoms with Gasteiger partial charge in [-0.1, -0.05) is 12.5 Å². The highest BCUT2D eigenvalue weighted by Crippen LogP contribution is 2.57. The Labute approximate surface area is 138 Å². The molecule has 1 heterocycles. The predicted octanol–water partition coefficient (Wildman–Crippen LogP) is 0.396. The highest BCUT2D eigenvalue weighted by molar-refractivity contribution is 5.98. The van der Waals surface area contributed by atoms with Gasteiger partial charge < -0.3 is 19.7 Å². The quantitative estimate of drug-likeness (QED) is 0.667. The minimum Gasteiger partial charge on any atom is -0.453 e. The Morgan fingerprint density at radius 1 is 1.38 bits per heavy atom. The molecule has 0 amide bonds. The van der Waals surface area contributed by atoms with Gasteiger partial charge in [-0.05, 0) is 32.3 Å². The van der Waals surface area contributed by atoms with Crippen LogP contribution in [0.5, 0.6) is 0 Å². The summed E-state index contributed by atoms with van der Waals surface area (Å²) < 4.78 is 10.2. The second-order valence-electron chi connectivity index (χ2n) is 6.99. The molecular weight excluding hydrogens is 316 g/mol. The number of hydrogen-bond acceptors (Lipinski definition) is 7. The number of ether oxygens (including phenoxy) is 2. The van der Waals surface area contributed by atoms with E-state index in [1.807, 2.05) is 0 Å². The van der Waals surface area contributed by atoms with Crippen molar-refractivity contribution in [1.82, 2.24) is 0 Å². The van der Waals surface area contributed by atoms with Crippen LogP contribution in [0.3, 0.4) is 0 Å². The molecule has 3 aliphatic rings. The molecule has 2 aliphatic carbocycles. The molecular formula is C17H20O7. The lowest BCUT2D eigenvalue weighted by Crippen LogP contribution is -2.66. The topological polar surface area (TPSA) is 110 Å². The average Bonchev–Trinajstić information content (AvgIpc) is 2.70. The molecule has 0 radical (unpaired) electrons. The molecule has 2 N–H and O–H groups in total. The Bertz CT molecular complexity index is 718. The van der Waals surface area contributed by atoms with Crippen molar-refractivity contribution in [2.75, 3.05) is 0 Å². The van der Waals surface area contributed by atoms with E-state index in [2.05, 4.69) is 0 Å². The van der Waals surface area contributed by atoms with Crippen molar-refractivity contribution in [1.29, 1.82) is 0 Å². The Hall–Kier alpha value is -1.99. The second kappa shape index (κ2) is 5.00. The molecule has 24 heavy (non-hydrogen) atoms. The third kappa shape index (κ3) is 1.94. The molecule has 7 heteroatoms. The van der Waals surface area contributed by atoms with Gasteiger partial charge in [0.15, 0.2) is 11.9 Å². The summed E-state index contributed by atoms with van der Waals surface area (Å²) in [6.07, 6.45) is -1.25. The second-order valence-corrected chi connectivity index (χ2v) is 6.99. The third-order valence-electron chi connectivity index (χ3n) is 5.59. The van der Waals surface area contributed by atoms with Crippen LogP contribution in [0.2, 0.25) is 0 Å². The minimum absolute atomic E-state index is 0.231. The van der Waals surface area contributed by atoms with E-state index in [9.17, 15) is 24.6 Å². The number of hydrogen-bond donors (Lipinski definition) is 2. The number of carbonyl (C=O) groups is 3. The van der Waals surface area contributed by atoms with Crippen molar-refractivity contribution in [2.24, 2.45) is 11.3 Å². The van der Waals surface area contributed by atoms with E-state index in [0.717, 1.165) is 0 Å². The van der Waals surface area contributed by atoms with Crippen molar-refractivity contribution < 1.29 is 34.1 Å². The summed E-state index contributed by atoms with van der Waals surface area (Å²) in [6, 6.07) is 0. The SMILES string of the molecule is CC(=O)O[C@H]1C(=O)C=C(C)[C@H]2CC3=C(C)C(=O)O[C@]3(O)[C@H](O)[C@@]21C. The number of aliphatic hydroxyl groups is 2. The Balaban J connectivity index is 2.17. The zero-order valence-corrected chi connectivity index (χ0v) is 14.0. The van der Waals surface area contributed by atoms with Crippen LogP contribution in [0, 0.1) is 11.3 Å². The molecule has 1 saturated carbocycles. The molecule has 1 fully saturated rings. The number of aliphatic hydroxyl groups excluding tert-OH is 1. The Morgan fingerprint density at radius 3 is 2.58 bits per heavy atom. The van der Waals surface area contributed by atoms with Crippen LogP contribution in [-0.4, -0.2) is 45.9 Å². The van der Waals surface area contributed by atoms with Crippen LogP contribution in [0.15, 0.2) is 22.8 Å². The zero-order chi connectivity index (χ0) is 18.0. The van der Waals surface area contributed by atoms with Crippen molar-refractivity contribution in [3.05, 3.63) is 22.8 Å². The summed E-state index contributed by atoms with van der Waals surface area (Å²) in [7, 11) is 0. The van der Waals surface area contributed by atoms with Crippen LogP contribution in [0.4, 0.5) is 0 Å². The molecule has 7 nitrogen and oxygen atoms in total. The van der Waals surface area contributed by atoms with Gasteiger partial charge in [-0.2, -0.15) is 0 Å². The number of allylic oxidation sites excluding steroid dienone is 1. The lowest BCUT2D eigenvalue weighted by Gasteiger charge is -2.54. The first-order valence-electron chi connectivity index (χ1n) is 7.76. The van der Waals surface area contributed by atoms with E-state index in [4.69, 9.17) is 9.47 Å². The van der Waals surface area contributed by atoms with Gasteiger partial charge in [0.25, 0.3) is 5.79 Å². The van der Waals surface area contributed by atoms with E-state index in [0.29, 0.717) is 11.1 Å². The van der Waals surface area contributed by atoms with Crippen molar-refractivity contribution >= 4 is 17.7 Å². The van der Waals surface area contributed by atoms with Gasteiger partial charge in [-0.3, -0.25) is 9.59 Å². The van der Waals surface area contributed by atoms with Crippen molar-refractivity contribution in [3.63, 3.8) is 0 Å². The first-order valence-corrected chi connectivity index (χ1v) is 7.76. The molecule has 0 aromatic heterocycles. The van der Waals surface area contributed by atoms with Crippen LogP contribution in [-0.2, 0) is 23.9 Å². The highest BCUT2D eigenvalue weighted by Gasteiger charge is 2.68. The molecule has 0 spiro atoms. The van der Waals surface area contributed by atoms with Gasteiger partial charge >= 0.3 is 11.9 Å². The Kier molecular flexibility index (Phi) is 3.51. The van der Waals surface area contributed by atoms with Crippen molar-refractivity contribution in [2.45, 2.75) is 52.1 Å². The first kappa shape index (κ1) is 16.9. The zero-order valence-electron chi connectivity index (χ0n) is 14.0. The summed E-state index contributed by atoms with van der Waals surface area (Å²) in [5.74, 6) is -4.41. The van der Waals surface area contributed by atoms with Gasteiger partial charge in [0.05, 0.1) is 5.41 Å². The fourth-order valence-electron chi connectivity index (χ4n) is 4.26. The number of carbonyl (C=O) groups excluding carboxylic acids is 3. The maximum atomic E-state index is 12.4. The molecule has 0 unspecified atom stereocenters. The van der Waals surface area contributed by atoms with E-state index >= 15 is 0 Å². The number of ketones is 1. The summed E-state index contributed by atoms with van der Waals surface area (Å²) >= 11 is 0. The van der Waals surface area contributed by atoms with E-state index in [1.165, 1.54) is 19.9 Å². The molecule has 1 aliphatic heterocycles. The van der Waals surface area contributed by atoms with Crippen LogP contribution in [0.1, 0.15) is 34.1 Å². The molecule has 5 atom stereocenters. The predicted molar refractivity (Wildman–Crippen MR) is 80.3 cm³/mol. The summed E-state index contributed by atoms with van der Waals surface area (Å²) in [5, 5.41) is 21.7. The lowest BCUT2D eigenvalue weighted by atomic mass is 9.54. The molecule has 0 aromatic rings. The molecule has 3 rings (SSSR count). The monoisotopic (exact) mass is 336 g/mol. The largest absolute Gasteiger partial charge is 0.453 e. The fourth-order valence-corrected chi connectivity index (χ4v) is 4.26. The smallest absolute Gasteiger partial charge is 0.336 e. The highest BCUT2D eigenvalue weighted by atomic mass is 16.7. The standard InChI is InChI=1S/C17H20O7/c1-7-5-12(19)13(23-9(3)18)16(4)10(7)6-11-8(2)14(20)24-17(11,22)15(16)21/h5,10,13,15,21-22H,6H2,1-4H3/t10-,13+,15-,16+,17+/m1/s1. The normalized spacial score (nSPS) is 41.4. The fraction of sp³-hybridized carbons (Fsp3) is 0.588. The number of esters is 2. The molecule has 0 saturated heterocycles. The number of fused-ring (bicyclic) bond motifs is 2. The summed E-state index contributed by atoms with van der Waals surface area (Å²) in [6.45, 7) is 6.02. The first-order chi connectivity index (χ1) is 11.0. The molecule has 0 aromatic carbocycles. The van der Waals surface area contributed by atoms with Crippen molar-refractivity contribution in [3.8, 4) is 0 Å². The number of rotatable bonds is 1. The van der Waals surface area contributed by atoms with E-state index < -0.39 is 41.1 Å². The van der Waals surface area contributed by atoms with Crippen LogP contribution < -0.4 is 0 Å². The molecule has 130 valence electrons. The summed E-state index contributed by atoms with van der Waals surface area (Å²) in [5.41, 5.74) is -0.0461. The van der Waals surface area contributed by atoms with Gasteiger partial charge in [-0.15, -0.1) is 0 Å². The molecule has 0 bridgehead atoms. The Morgan fingerprint density at radius 2 is 2.00 bits per heavy atom. The summed E-state index contributed by atoms with van der Waals surface area (Å²) in [4.78, 5) is 35.7. The van der Waals surface area contributed by atoms with E-state index in [1.54, 1.807) is 13.8 Å². The lowest BCUT2D eigenvalue weighted by molar-refractivity contribution is -0.269. The van der Waals surface area contributed by atoms with Crippen LogP contribution >= 0.6 is 0 Å². The van der Waals surface area contributed by atoms with E-state index in [-0.39, 0.29) is 17.9 Å². The maximum absolute atomic E-state index is 12.4. The van der Waals surface area contributed by atoms with Gasteiger partial charge in [0.1, 0.15) is 6.10 Å². The average molecular weight is 336 g/mol. The van der Waals surface area contributed by atoms with Gasteiger partial charge in [0.2, 0.25) is 0 Å². The van der Waals surface area contributed by atoms with Gasteiger partial charge in [0, 0.05) is 18.1 Å². The van der Waals surface area contributed by atoms with Crippen LogP contribution in [0.25, 0.3) is 0 Å². The maximum Gasteiger partial charge on any atom is 0.336 e. The minimum atomic E-state index is -2.21. The van der Waals surface area contributed by atoms with Gasteiger partial charge in [-0.25, -0.2) is 4.79 Å².